The average molecular weight is 581 g/mol. The van der Waals surface area contributed by atoms with Crippen LogP contribution in [0.5, 0.6) is 11.5 Å². The smallest absolute Gasteiger partial charge is 0.465 e. The SMILES string of the molecule is CCOC(=O)CN(CP(=O)(Oc1cccc(C(F)(F)F)c1)Oc1cccc(C(F)(F)F)c1)C(=O)C(F)(F)F. The molecule has 2 aromatic rings. The number of alkyl halides is 9. The van der Waals surface area contributed by atoms with E-state index in [2.05, 4.69) is 4.74 Å². The second kappa shape index (κ2) is 11.5. The summed E-state index contributed by atoms with van der Waals surface area (Å²) in [5.41, 5.74) is -2.68. The Morgan fingerprint density at radius 1 is 0.816 bits per heavy atom. The van der Waals surface area contributed by atoms with Gasteiger partial charge >= 0.3 is 38.0 Å². The molecule has 0 atom stereocenters. The topological polar surface area (TPSA) is 82.1 Å². The third-order valence-corrected chi connectivity index (χ3v) is 5.98. The molecule has 0 aliphatic rings. The molecule has 0 spiro atoms. The Hall–Kier alpha value is -3.42. The summed E-state index contributed by atoms with van der Waals surface area (Å²) in [6.45, 7) is -0.494. The van der Waals surface area contributed by atoms with Crippen molar-refractivity contribution < 1.29 is 67.5 Å². The van der Waals surface area contributed by atoms with Gasteiger partial charge < -0.3 is 18.7 Å². The highest BCUT2D eigenvalue weighted by Gasteiger charge is 2.47. The molecule has 0 radical (unpaired) electrons. The van der Waals surface area contributed by atoms with Crippen LogP contribution in [-0.4, -0.2) is 42.4 Å². The number of nitrogens with zero attached hydrogens (tertiary/aromatic N) is 1. The molecule has 1 amide bonds. The van der Waals surface area contributed by atoms with Crippen LogP contribution in [0, 0.1) is 0 Å². The summed E-state index contributed by atoms with van der Waals surface area (Å²) in [6.07, 6.45) is -17.2. The lowest BCUT2D eigenvalue weighted by Crippen LogP contribution is -2.45. The Labute approximate surface area is 208 Å². The molecule has 0 N–H and O–H groups in total. The van der Waals surface area contributed by atoms with E-state index in [4.69, 9.17) is 9.05 Å². The highest BCUT2D eigenvalue weighted by molar-refractivity contribution is 7.54. The molecule has 0 aromatic heterocycles. The van der Waals surface area contributed by atoms with Crippen molar-refractivity contribution in [2.75, 3.05) is 19.4 Å². The zero-order chi connectivity index (χ0) is 28.9. The quantitative estimate of drug-likeness (QED) is 0.197. The Morgan fingerprint density at radius 3 is 1.63 bits per heavy atom. The molecule has 38 heavy (non-hydrogen) atoms. The number of hydrogen-bond acceptors (Lipinski definition) is 6. The van der Waals surface area contributed by atoms with Gasteiger partial charge in [0.15, 0.2) is 0 Å². The Bertz CT molecular complexity index is 1130. The van der Waals surface area contributed by atoms with Crippen LogP contribution in [0.15, 0.2) is 48.5 Å². The van der Waals surface area contributed by atoms with E-state index in [0.29, 0.717) is 24.3 Å². The van der Waals surface area contributed by atoms with E-state index < -0.39 is 73.5 Å². The molecule has 0 saturated heterocycles. The molecule has 2 aromatic carbocycles. The van der Waals surface area contributed by atoms with E-state index in [1.165, 1.54) is 6.92 Å². The predicted octanol–water partition coefficient (Wildman–Crippen LogP) is 6.29. The van der Waals surface area contributed by atoms with E-state index in [0.717, 1.165) is 24.3 Å². The van der Waals surface area contributed by atoms with Gasteiger partial charge in [-0.25, -0.2) is 4.57 Å². The summed E-state index contributed by atoms with van der Waals surface area (Å²) in [4.78, 5) is 23.4. The molecule has 0 bridgehead atoms. The van der Waals surface area contributed by atoms with Gasteiger partial charge in [0.1, 0.15) is 24.3 Å². The van der Waals surface area contributed by atoms with Crippen LogP contribution in [0.1, 0.15) is 18.1 Å². The first kappa shape index (κ1) is 30.8. The Kier molecular flexibility index (Phi) is 9.35. The second-order valence-electron chi connectivity index (χ2n) is 7.29. The van der Waals surface area contributed by atoms with Gasteiger partial charge in [0.05, 0.1) is 17.7 Å². The number of hydrogen-bond donors (Lipinski definition) is 0. The van der Waals surface area contributed by atoms with Gasteiger partial charge in [-0.1, -0.05) is 12.1 Å². The van der Waals surface area contributed by atoms with E-state index in [-0.39, 0.29) is 11.5 Å². The largest absolute Gasteiger partial charge is 0.471 e. The van der Waals surface area contributed by atoms with Gasteiger partial charge in [0, 0.05) is 0 Å². The lowest BCUT2D eigenvalue weighted by molar-refractivity contribution is -0.186. The molecule has 17 heteroatoms. The zero-order valence-corrected chi connectivity index (χ0v) is 19.9. The number of rotatable bonds is 9. The molecular formula is C21H17F9NO6P. The summed E-state index contributed by atoms with van der Waals surface area (Å²) < 4.78 is 146. The third-order valence-electron chi connectivity index (χ3n) is 4.31. The average Bonchev–Trinajstić information content (AvgIpc) is 2.76. The van der Waals surface area contributed by atoms with Crippen molar-refractivity contribution in [3.05, 3.63) is 59.7 Å². The Balaban J connectivity index is 2.56. The maximum Gasteiger partial charge on any atom is 0.471 e. The number of carbonyl (C=O) groups excluding carboxylic acids is 2. The lowest BCUT2D eigenvalue weighted by Gasteiger charge is -2.28. The van der Waals surface area contributed by atoms with Crippen LogP contribution in [0.25, 0.3) is 0 Å². The van der Waals surface area contributed by atoms with Gasteiger partial charge in [-0.3, -0.25) is 9.59 Å². The molecule has 0 heterocycles. The van der Waals surface area contributed by atoms with Crippen LogP contribution in [0.3, 0.4) is 0 Å². The molecular weight excluding hydrogens is 564 g/mol. The zero-order valence-electron chi connectivity index (χ0n) is 19.0. The fourth-order valence-electron chi connectivity index (χ4n) is 2.79. The summed E-state index contributed by atoms with van der Waals surface area (Å²) in [5, 5.41) is 0. The van der Waals surface area contributed by atoms with E-state index >= 15 is 0 Å². The molecule has 210 valence electrons. The van der Waals surface area contributed by atoms with Crippen molar-refractivity contribution >= 4 is 19.5 Å². The van der Waals surface area contributed by atoms with E-state index in [9.17, 15) is 53.7 Å². The van der Waals surface area contributed by atoms with Crippen LogP contribution >= 0.6 is 7.60 Å². The first-order valence-electron chi connectivity index (χ1n) is 10.2. The number of halogens is 9. The first-order valence-corrected chi connectivity index (χ1v) is 11.9. The van der Waals surface area contributed by atoms with E-state index in [1.54, 1.807) is 0 Å². The molecule has 0 saturated carbocycles. The van der Waals surface area contributed by atoms with Crippen molar-refractivity contribution in [3.8, 4) is 11.5 Å². The summed E-state index contributed by atoms with van der Waals surface area (Å²) >= 11 is 0. The van der Waals surface area contributed by atoms with Gasteiger partial charge in [-0.05, 0) is 43.3 Å². The monoisotopic (exact) mass is 581 g/mol. The fourth-order valence-corrected chi connectivity index (χ4v) is 4.46. The lowest BCUT2D eigenvalue weighted by atomic mass is 10.2. The molecule has 7 nitrogen and oxygen atoms in total. The maximum absolute atomic E-state index is 13.5. The third kappa shape index (κ3) is 8.85. The molecule has 0 unspecified atom stereocenters. The van der Waals surface area contributed by atoms with Crippen LogP contribution < -0.4 is 9.05 Å². The fraction of sp³-hybridized carbons (Fsp3) is 0.333. The molecule has 2 rings (SSSR count). The number of amides is 1. The maximum atomic E-state index is 13.5. The van der Waals surface area contributed by atoms with Crippen molar-refractivity contribution in [3.63, 3.8) is 0 Å². The highest BCUT2D eigenvalue weighted by Crippen LogP contribution is 2.50. The number of benzene rings is 2. The van der Waals surface area contributed by atoms with Gasteiger partial charge in [-0.2, -0.15) is 39.5 Å². The van der Waals surface area contributed by atoms with Gasteiger partial charge in [0.2, 0.25) is 0 Å². The van der Waals surface area contributed by atoms with Crippen LogP contribution in [0.4, 0.5) is 39.5 Å². The number of carbonyl (C=O) groups is 2. The summed E-state index contributed by atoms with van der Waals surface area (Å²) in [5.74, 6) is -5.86. The van der Waals surface area contributed by atoms with Gasteiger partial charge in [0.25, 0.3) is 0 Å². The number of ether oxygens (including phenoxy) is 1. The van der Waals surface area contributed by atoms with Crippen molar-refractivity contribution in [1.82, 2.24) is 4.90 Å². The minimum Gasteiger partial charge on any atom is -0.465 e. The normalized spacial score (nSPS) is 12.6. The highest BCUT2D eigenvalue weighted by atomic mass is 31.2. The van der Waals surface area contributed by atoms with Crippen LogP contribution in [0.2, 0.25) is 0 Å². The predicted molar refractivity (Wildman–Crippen MR) is 111 cm³/mol. The Morgan fingerprint density at radius 2 is 1.26 bits per heavy atom. The number of esters is 1. The first-order chi connectivity index (χ1) is 17.3. The minimum atomic E-state index is -5.64. The van der Waals surface area contributed by atoms with Gasteiger partial charge in [-0.15, -0.1) is 0 Å². The van der Waals surface area contributed by atoms with Crippen molar-refractivity contribution in [2.24, 2.45) is 0 Å². The summed E-state index contributed by atoms with van der Waals surface area (Å²) in [6, 6.07) is 4.91. The van der Waals surface area contributed by atoms with Crippen molar-refractivity contribution in [1.29, 1.82) is 0 Å². The molecule has 0 aliphatic heterocycles. The van der Waals surface area contributed by atoms with E-state index in [1.807, 2.05) is 0 Å². The summed E-state index contributed by atoms with van der Waals surface area (Å²) in [7, 11) is -5.30. The molecule has 0 fully saturated rings. The van der Waals surface area contributed by atoms with Crippen molar-refractivity contribution in [2.45, 2.75) is 25.5 Å². The molecule has 0 aliphatic carbocycles. The standard InChI is InChI=1S/C21H17F9NO6P/c1-2-35-17(32)11-31(18(33)21(28,29)30)12-38(34,36-15-7-3-5-13(9-15)19(22,23)24)37-16-8-4-6-14(10-16)20(25,26)27/h3-10H,2,11-12H2,1H3. The second-order valence-corrected chi connectivity index (χ2v) is 9.16. The minimum absolute atomic E-state index is 0.295. The van der Waals surface area contributed by atoms with Crippen LogP contribution in [-0.2, 0) is 31.2 Å².